The molecule has 3 rings (SSSR count). The first-order valence-corrected chi connectivity index (χ1v) is 10.1. The SMILES string of the molecule is CC1=C(CC(=O)[Se])c2cc(F)ccc2/C1=C\c1ccc(S(C)=O)cc1. The van der Waals surface area contributed by atoms with Crippen LogP contribution in [0.5, 0.6) is 0 Å². The Balaban J connectivity index is 2.10. The zero-order chi connectivity index (χ0) is 18.1. The predicted octanol–water partition coefficient (Wildman–Crippen LogP) is 3.98. The van der Waals surface area contributed by atoms with Gasteiger partial charge in [0.25, 0.3) is 0 Å². The summed E-state index contributed by atoms with van der Waals surface area (Å²) in [5.74, 6) is -0.312. The second kappa shape index (κ2) is 7.20. The van der Waals surface area contributed by atoms with Crippen LogP contribution in [0.2, 0.25) is 0 Å². The fraction of sp³-hybridized carbons (Fsp3) is 0.150. The number of allylic oxidation sites excluding steroid dienone is 3. The number of carbonyl (C=O) groups is 1. The summed E-state index contributed by atoms with van der Waals surface area (Å²) >= 11 is 2.50. The third kappa shape index (κ3) is 3.74. The van der Waals surface area contributed by atoms with Gasteiger partial charge in [-0.3, -0.25) is 0 Å². The normalized spacial score (nSPS) is 16.2. The van der Waals surface area contributed by atoms with Gasteiger partial charge in [-0.1, -0.05) is 0 Å². The molecule has 0 amide bonds. The molecule has 1 unspecified atom stereocenters. The molecule has 0 aromatic heterocycles. The molecule has 2 aromatic carbocycles. The van der Waals surface area contributed by atoms with E-state index >= 15 is 0 Å². The van der Waals surface area contributed by atoms with E-state index in [0.717, 1.165) is 38.3 Å². The van der Waals surface area contributed by atoms with Gasteiger partial charge in [-0.2, -0.15) is 0 Å². The summed E-state index contributed by atoms with van der Waals surface area (Å²) in [4.78, 5) is 12.3. The van der Waals surface area contributed by atoms with E-state index in [1.165, 1.54) is 12.1 Å². The summed E-state index contributed by atoms with van der Waals surface area (Å²) < 4.78 is 25.2. The molecule has 1 aliphatic rings. The number of halogens is 1. The third-order valence-corrected chi connectivity index (χ3v) is 5.54. The van der Waals surface area contributed by atoms with Gasteiger partial charge in [0.1, 0.15) is 0 Å². The molecular weight excluding hydrogens is 402 g/mol. The van der Waals surface area contributed by atoms with Crippen LogP contribution in [0.4, 0.5) is 4.39 Å². The number of hydrogen-bond donors (Lipinski definition) is 0. The number of benzene rings is 2. The molecule has 0 N–H and O–H groups in total. The molecule has 5 heteroatoms. The van der Waals surface area contributed by atoms with Crippen LogP contribution in [-0.4, -0.2) is 31.2 Å². The number of carbonyl (C=O) groups excluding carboxylic acids is 1. The van der Waals surface area contributed by atoms with Crippen molar-refractivity contribution in [3.63, 3.8) is 0 Å². The van der Waals surface area contributed by atoms with Gasteiger partial charge in [0.05, 0.1) is 0 Å². The molecule has 2 nitrogen and oxygen atoms in total. The molecule has 0 spiro atoms. The van der Waals surface area contributed by atoms with E-state index in [0.29, 0.717) is 0 Å². The van der Waals surface area contributed by atoms with E-state index in [4.69, 9.17) is 0 Å². The van der Waals surface area contributed by atoms with E-state index in [9.17, 15) is 13.4 Å². The second-order valence-electron chi connectivity index (χ2n) is 5.92. The summed E-state index contributed by atoms with van der Waals surface area (Å²) in [5, 5.41) is 0. The molecule has 0 heterocycles. The van der Waals surface area contributed by atoms with Gasteiger partial charge < -0.3 is 0 Å². The first kappa shape index (κ1) is 18.0. The van der Waals surface area contributed by atoms with Crippen LogP contribution >= 0.6 is 0 Å². The van der Waals surface area contributed by atoms with Crippen LogP contribution in [-0.2, 0) is 15.6 Å². The fourth-order valence-corrected chi connectivity index (χ4v) is 3.87. The molecule has 1 radical (unpaired) electrons. The number of fused-ring (bicyclic) bond motifs is 1. The van der Waals surface area contributed by atoms with Crippen molar-refractivity contribution in [3.05, 3.63) is 70.5 Å². The Kier molecular flexibility index (Phi) is 5.19. The second-order valence-corrected chi connectivity index (χ2v) is 8.26. The van der Waals surface area contributed by atoms with Crippen molar-refractivity contribution in [1.29, 1.82) is 0 Å². The molecular formula is C20H16FO2SSe. The molecule has 0 bridgehead atoms. The van der Waals surface area contributed by atoms with Gasteiger partial charge >= 0.3 is 157 Å². The van der Waals surface area contributed by atoms with Gasteiger partial charge in [-0.25, -0.2) is 0 Å². The summed E-state index contributed by atoms with van der Waals surface area (Å²) in [6.45, 7) is 1.96. The first-order valence-electron chi connectivity index (χ1n) is 7.72. The Morgan fingerprint density at radius 2 is 1.84 bits per heavy atom. The first-order chi connectivity index (χ1) is 11.9. The van der Waals surface area contributed by atoms with Crippen molar-refractivity contribution < 1.29 is 13.4 Å². The monoisotopic (exact) mass is 419 g/mol. The zero-order valence-electron chi connectivity index (χ0n) is 13.8. The fourth-order valence-electron chi connectivity index (χ4n) is 3.05. The van der Waals surface area contributed by atoms with E-state index < -0.39 is 10.8 Å². The molecule has 1 aliphatic carbocycles. The average Bonchev–Trinajstić information content (AvgIpc) is 2.80. The van der Waals surface area contributed by atoms with Gasteiger partial charge in [-0.15, -0.1) is 0 Å². The number of hydrogen-bond acceptors (Lipinski definition) is 2. The van der Waals surface area contributed by atoms with Gasteiger partial charge in [-0.05, 0) is 0 Å². The third-order valence-electron chi connectivity index (χ3n) is 4.30. The quantitative estimate of drug-likeness (QED) is 0.704. The van der Waals surface area contributed by atoms with Crippen molar-refractivity contribution in [1.82, 2.24) is 0 Å². The van der Waals surface area contributed by atoms with E-state index in [2.05, 4.69) is 16.0 Å². The van der Waals surface area contributed by atoms with Crippen LogP contribution in [0.1, 0.15) is 30.0 Å². The van der Waals surface area contributed by atoms with Crippen molar-refractivity contribution in [3.8, 4) is 0 Å². The average molecular weight is 418 g/mol. The van der Waals surface area contributed by atoms with Crippen molar-refractivity contribution in [2.24, 2.45) is 0 Å². The van der Waals surface area contributed by atoms with E-state index in [1.807, 2.05) is 37.3 Å². The van der Waals surface area contributed by atoms with Crippen LogP contribution in [0.25, 0.3) is 17.2 Å². The van der Waals surface area contributed by atoms with Crippen LogP contribution < -0.4 is 0 Å². The zero-order valence-corrected chi connectivity index (χ0v) is 16.4. The molecule has 0 fully saturated rings. The van der Waals surface area contributed by atoms with E-state index in [1.54, 1.807) is 12.3 Å². The van der Waals surface area contributed by atoms with E-state index in [-0.39, 0.29) is 16.9 Å². The van der Waals surface area contributed by atoms with Gasteiger partial charge in [0.15, 0.2) is 0 Å². The Labute approximate surface area is 157 Å². The molecule has 0 saturated heterocycles. The van der Waals surface area contributed by atoms with Crippen LogP contribution in [0.3, 0.4) is 0 Å². The standard InChI is InChI=1S/C20H16FO2SSe/c1-12-17(9-13-3-6-15(7-4-13)24(2)23)16-8-5-14(21)10-19(16)18(12)11-20(22)25/h3-10H,11H2,1-2H3/b17-9-. The molecule has 127 valence electrons. The Hall–Kier alpha value is -1.81. The van der Waals surface area contributed by atoms with Crippen LogP contribution in [0.15, 0.2) is 52.9 Å². The summed E-state index contributed by atoms with van der Waals surface area (Å²) in [7, 11) is -1.01. The molecule has 25 heavy (non-hydrogen) atoms. The molecule has 1 atom stereocenters. The maximum absolute atomic E-state index is 13.7. The molecule has 2 aromatic rings. The van der Waals surface area contributed by atoms with Crippen molar-refractivity contribution in [2.75, 3.05) is 6.26 Å². The molecule has 0 aliphatic heterocycles. The van der Waals surface area contributed by atoms with Crippen molar-refractivity contribution >= 4 is 48.7 Å². The topological polar surface area (TPSA) is 34.1 Å². The van der Waals surface area contributed by atoms with Crippen LogP contribution in [0, 0.1) is 5.82 Å². The summed E-state index contributed by atoms with van der Waals surface area (Å²) in [6.07, 6.45) is 3.91. The van der Waals surface area contributed by atoms with Gasteiger partial charge in [0, 0.05) is 0 Å². The maximum atomic E-state index is 13.7. The van der Waals surface area contributed by atoms with Gasteiger partial charge in [0.2, 0.25) is 0 Å². The Morgan fingerprint density at radius 1 is 1.16 bits per heavy atom. The Bertz CT molecular complexity index is 943. The Morgan fingerprint density at radius 3 is 2.44 bits per heavy atom. The summed E-state index contributed by atoms with van der Waals surface area (Å²) in [5.41, 5.74) is 5.49. The predicted molar refractivity (Wildman–Crippen MR) is 101 cm³/mol. The van der Waals surface area contributed by atoms with Crippen molar-refractivity contribution in [2.45, 2.75) is 18.2 Å². The number of rotatable bonds is 4. The summed E-state index contributed by atoms with van der Waals surface area (Å²) in [6, 6.07) is 12.2. The molecule has 0 saturated carbocycles. The minimum atomic E-state index is -1.01. The minimum absolute atomic E-state index is 0.0689.